The van der Waals surface area contributed by atoms with Crippen LogP contribution in [0.5, 0.6) is 11.5 Å². The van der Waals surface area contributed by atoms with Crippen LogP contribution in [-0.4, -0.2) is 43.0 Å². The van der Waals surface area contributed by atoms with E-state index in [0.29, 0.717) is 31.0 Å². The smallest absolute Gasteiger partial charge is 0.261 e. The number of amides is 2. The molecule has 0 saturated heterocycles. The van der Waals surface area contributed by atoms with Crippen molar-refractivity contribution in [1.29, 1.82) is 0 Å². The van der Waals surface area contributed by atoms with Gasteiger partial charge in [-0.05, 0) is 41.8 Å². The van der Waals surface area contributed by atoms with Crippen LogP contribution in [0.2, 0.25) is 0 Å². The molecule has 0 spiro atoms. The molecule has 3 aromatic carbocycles. The lowest BCUT2D eigenvalue weighted by Crippen LogP contribution is -2.51. The molecule has 1 N–H and O–H groups in total. The highest BCUT2D eigenvalue weighted by Gasteiger charge is 2.30. The molecule has 2 amide bonds. The van der Waals surface area contributed by atoms with E-state index in [1.807, 2.05) is 67.6 Å². The molecular formula is C28H32N2O4. The maximum absolute atomic E-state index is 13.5. The standard InChI is InChI=1S/C28H32N2O4/c1-3-18-29-28(32)26(19-22-10-6-4-7-11-22)30(20-23-12-8-5-9-13-23)27(31)21-34-25-16-14-24(33-2)15-17-25/h4-17,26H,3,18-21H2,1-2H3,(H,29,32)/t26-/m1/s1. The zero-order valence-electron chi connectivity index (χ0n) is 19.8. The van der Waals surface area contributed by atoms with Gasteiger partial charge in [0.05, 0.1) is 7.11 Å². The van der Waals surface area contributed by atoms with Gasteiger partial charge in [-0.2, -0.15) is 0 Å². The fourth-order valence-electron chi connectivity index (χ4n) is 3.60. The Labute approximate surface area is 201 Å². The molecule has 0 bridgehead atoms. The Morgan fingerprint density at radius 3 is 2.03 bits per heavy atom. The molecule has 6 heteroatoms. The van der Waals surface area contributed by atoms with Gasteiger partial charge in [-0.25, -0.2) is 0 Å². The Kier molecular flexibility index (Phi) is 9.52. The molecule has 6 nitrogen and oxygen atoms in total. The van der Waals surface area contributed by atoms with Crippen LogP contribution < -0.4 is 14.8 Å². The monoisotopic (exact) mass is 460 g/mol. The van der Waals surface area contributed by atoms with Crippen LogP contribution in [0.25, 0.3) is 0 Å². The molecule has 0 radical (unpaired) electrons. The molecule has 0 aromatic heterocycles. The summed E-state index contributed by atoms with van der Waals surface area (Å²) in [5.41, 5.74) is 1.93. The summed E-state index contributed by atoms with van der Waals surface area (Å²) in [6.07, 6.45) is 1.23. The van der Waals surface area contributed by atoms with Crippen molar-refractivity contribution in [1.82, 2.24) is 10.2 Å². The lowest BCUT2D eigenvalue weighted by atomic mass is 10.0. The molecule has 3 aromatic rings. The molecule has 0 aliphatic carbocycles. The van der Waals surface area contributed by atoms with Crippen LogP contribution in [0.4, 0.5) is 0 Å². The van der Waals surface area contributed by atoms with E-state index < -0.39 is 6.04 Å². The minimum absolute atomic E-state index is 0.167. The van der Waals surface area contributed by atoms with Gasteiger partial charge in [-0.1, -0.05) is 67.6 Å². The molecule has 3 rings (SSSR count). The van der Waals surface area contributed by atoms with Gasteiger partial charge in [0.25, 0.3) is 5.91 Å². The lowest BCUT2D eigenvalue weighted by Gasteiger charge is -2.31. The number of carbonyl (C=O) groups excluding carboxylic acids is 2. The topological polar surface area (TPSA) is 67.9 Å². The SMILES string of the molecule is CCCNC(=O)[C@@H](Cc1ccccc1)N(Cc1ccccc1)C(=O)COc1ccc(OC)cc1. The first-order valence-electron chi connectivity index (χ1n) is 11.5. The van der Waals surface area contributed by atoms with Crippen LogP contribution in [0.3, 0.4) is 0 Å². The lowest BCUT2D eigenvalue weighted by molar-refractivity contribution is -0.142. The number of benzene rings is 3. The minimum atomic E-state index is -0.666. The third kappa shape index (κ3) is 7.37. The summed E-state index contributed by atoms with van der Waals surface area (Å²) in [7, 11) is 1.59. The molecule has 1 atom stereocenters. The first-order chi connectivity index (χ1) is 16.6. The fraction of sp³-hybridized carbons (Fsp3) is 0.286. The van der Waals surface area contributed by atoms with Crippen LogP contribution in [0.1, 0.15) is 24.5 Å². The van der Waals surface area contributed by atoms with Crippen molar-refractivity contribution in [2.75, 3.05) is 20.3 Å². The van der Waals surface area contributed by atoms with Gasteiger partial charge in [0.1, 0.15) is 17.5 Å². The summed E-state index contributed by atoms with van der Waals surface area (Å²) < 4.78 is 10.9. The minimum Gasteiger partial charge on any atom is -0.497 e. The Bertz CT molecular complexity index is 1020. The van der Waals surface area contributed by atoms with Crippen molar-refractivity contribution >= 4 is 11.8 Å². The van der Waals surface area contributed by atoms with Crippen molar-refractivity contribution < 1.29 is 19.1 Å². The second-order valence-corrected chi connectivity index (χ2v) is 7.97. The van der Waals surface area contributed by atoms with E-state index in [4.69, 9.17) is 9.47 Å². The van der Waals surface area contributed by atoms with E-state index >= 15 is 0 Å². The number of nitrogens with zero attached hydrogens (tertiary/aromatic N) is 1. The number of hydrogen-bond donors (Lipinski definition) is 1. The Balaban J connectivity index is 1.84. The van der Waals surface area contributed by atoms with E-state index in [-0.39, 0.29) is 18.4 Å². The van der Waals surface area contributed by atoms with Crippen LogP contribution in [-0.2, 0) is 22.6 Å². The molecule has 0 aliphatic rings. The predicted octanol–water partition coefficient (Wildman–Crippen LogP) is 4.24. The summed E-state index contributed by atoms with van der Waals surface area (Å²) in [6.45, 7) is 2.69. The second-order valence-electron chi connectivity index (χ2n) is 7.97. The van der Waals surface area contributed by atoms with E-state index in [9.17, 15) is 9.59 Å². The number of nitrogens with one attached hydrogen (secondary N) is 1. The molecule has 34 heavy (non-hydrogen) atoms. The Morgan fingerprint density at radius 1 is 0.853 bits per heavy atom. The van der Waals surface area contributed by atoms with E-state index in [0.717, 1.165) is 17.5 Å². The zero-order chi connectivity index (χ0) is 24.2. The molecular weight excluding hydrogens is 428 g/mol. The van der Waals surface area contributed by atoms with Gasteiger partial charge in [-0.3, -0.25) is 9.59 Å². The summed E-state index contributed by atoms with van der Waals surface area (Å²) >= 11 is 0. The molecule has 0 unspecified atom stereocenters. The molecule has 0 saturated carbocycles. The largest absolute Gasteiger partial charge is 0.497 e. The van der Waals surface area contributed by atoms with Crippen molar-refractivity contribution in [2.45, 2.75) is 32.4 Å². The average Bonchev–Trinajstić information content (AvgIpc) is 2.89. The van der Waals surface area contributed by atoms with Crippen LogP contribution in [0, 0.1) is 0 Å². The number of methoxy groups -OCH3 is 1. The highest BCUT2D eigenvalue weighted by molar-refractivity contribution is 5.88. The third-order valence-corrected chi connectivity index (χ3v) is 5.44. The van der Waals surface area contributed by atoms with Gasteiger partial charge in [-0.15, -0.1) is 0 Å². The number of rotatable bonds is 12. The van der Waals surface area contributed by atoms with Gasteiger partial charge < -0.3 is 19.7 Å². The van der Waals surface area contributed by atoms with E-state index in [2.05, 4.69) is 5.32 Å². The Hall–Kier alpha value is -3.80. The van der Waals surface area contributed by atoms with E-state index in [1.54, 1.807) is 36.3 Å². The molecule has 0 aliphatic heterocycles. The first-order valence-corrected chi connectivity index (χ1v) is 11.5. The summed E-state index contributed by atoms with van der Waals surface area (Å²) in [5, 5.41) is 2.97. The van der Waals surface area contributed by atoms with Crippen LogP contribution >= 0.6 is 0 Å². The predicted molar refractivity (Wildman–Crippen MR) is 133 cm³/mol. The van der Waals surface area contributed by atoms with E-state index in [1.165, 1.54) is 0 Å². The highest BCUT2D eigenvalue weighted by Crippen LogP contribution is 2.19. The maximum Gasteiger partial charge on any atom is 0.261 e. The number of ether oxygens (including phenoxy) is 2. The van der Waals surface area contributed by atoms with Gasteiger partial charge in [0.15, 0.2) is 6.61 Å². The highest BCUT2D eigenvalue weighted by atomic mass is 16.5. The average molecular weight is 461 g/mol. The fourth-order valence-corrected chi connectivity index (χ4v) is 3.60. The first kappa shape index (κ1) is 24.8. The quantitative estimate of drug-likeness (QED) is 0.439. The van der Waals surface area contributed by atoms with Crippen LogP contribution in [0.15, 0.2) is 84.9 Å². The number of hydrogen-bond acceptors (Lipinski definition) is 4. The molecule has 0 heterocycles. The van der Waals surface area contributed by atoms with Crippen molar-refractivity contribution in [3.63, 3.8) is 0 Å². The summed E-state index contributed by atoms with van der Waals surface area (Å²) in [5.74, 6) is 0.843. The summed E-state index contributed by atoms with van der Waals surface area (Å²) in [6, 6.07) is 25.8. The third-order valence-electron chi connectivity index (χ3n) is 5.44. The molecule has 178 valence electrons. The Morgan fingerprint density at radius 2 is 1.44 bits per heavy atom. The number of carbonyl (C=O) groups is 2. The van der Waals surface area contributed by atoms with Gasteiger partial charge in [0, 0.05) is 19.5 Å². The second kappa shape index (κ2) is 13.0. The van der Waals surface area contributed by atoms with Crippen molar-refractivity contribution in [2.24, 2.45) is 0 Å². The van der Waals surface area contributed by atoms with Crippen molar-refractivity contribution in [3.05, 3.63) is 96.1 Å². The molecule has 0 fully saturated rings. The van der Waals surface area contributed by atoms with Gasteiger partial charge in [0.2, 0.25) is 5.91 Å². The normalized spacial score (nSPS) is 11.4. The summed E-state index contributed by atoms with van der Waals surface area (Å²) in [4.78, 5) is 28.3. The maximum atomic E-state index is 13.5. The van der Waals surface area contributed by atoms with Gasteiger partial charge >= 0.3 is 0 Å². The van der Waals surface area contributed by atoms with Crippen molar-refractivity contribution in [3.8, 4) is 11.5 Å². The zero-order valence-corrected chi connectivity index (χ0v) is 19.8.